The van der Waals surface area contributed by atoms with Gasteiger partial charge in [0, 0.05) is 17.2 Å². The topological polar surface area (TPSA) is 71.3 Å². The van der Waals surface area contributed by atoms with Crippen molar-refractivity contribution in [3.63, 3.8) is 0 Å². The lowest BCUT2D eigenvalue weighted by atomic mass is 10.1. The van der Waals surface area contributed by atoms with Gasteiger partial charge in [-0.2, -0.15) is 0 Å². The number of anilines is 1. The van der Waals surface area contributed by atoms with Gasteiger partial charge in [-0.15, -0.1) is 0 Å². The molecular formula is C19H14F2N2O3. The highest BCUT2D eigenvalue weighted by atomic mass is 19.1. The molecular weight excluding hydrogens is 342 g/mol. The summed E-state index contributed by atoms with van der Waals surface area (Å²) in [7, 11) is 0. The summed E-state index contributed by atoms with van der Waals surface area (Å²) in [6.45, 7) is 0.248. The molecule has 0 fully saturated rings. The lowest BCUT2D eigenvalue weighted by Gasteiger charge is -2.08. The van der Waals surface area contributed by atoms with Gasteiger partial charge in [-0.1, -0.05) is 0 Å². The van der Waals surface area contributed by atoms with E-state index in [4.69, 9.17) is 4.42 Å². The van der Waals surface area contributed by atoms with Crippen molar-refractivity contribution in [2.45, 2.75) is 6.54 Å². The van der Waals surface area contributed by atoms with Crippen molar-refractivity contribution in [3.05, 3.63) is 89.4 Å². The summed E-state index contributed by atoms with van der Waals surface area (Å²) >= 11 is 0. The summed E-state index contributed by atoms with van der Waals surface area (Å²) in [4.78, 5) is 24.2. The molecule has 0 aliphatic heterocycles. The van der Waals surface area contributed by atoms with Crippen molar-refractivity contribution >= 4 is 17.5 Å². The number of rotatable bonds is 5. The molecule has 0 saturated heterocycles. The third-order valence-electron chi connectivity index (χ3n) is 3.59. The van der Waals surface area contributed by atoms with Gasteiger partial charge in [0.05, 0.1) is 18.5 Å². The van der Waals surface area contributed by atoms with Crippen LogP contribution < -0.4 is 10.6 Å². The van der Waals surface area contributed by atoms with Gasteiger partial charge in [-0.3, -0.25) is 9.59 Å². The Hall–Kier alpha value is -3.48. The van der Waals surface area contributed by atoms with Crippen LogP contribution in [0.1, 0.15) is 26.5 Å². The van der Waals surface area contributed by atoms with Crippen molar-refractivity contribution in [1.82, 2.24) is 5.32 Å². The number of benzene rings is 2. The van der Waals surface area contributed by atoms with Crippen LogP contribution in [0.25, 0.3) is 0 Å². The van der Waals surface area contributed by atoms with E-state index in [0.29, 0.717) is 17.4 Å². The Balaban J connectivity index is 1.62. The quantitative estimate of drug-likeness (QED) is 0.732. The van der Waals surface area contributed by atoms with Gasteiger partial charge in [0.25, 0.3) is 11.8 Å². The average molecular weight is 356 g/mol. The third-order valence-corrected chi connectivity index (χ3v) is 3.59. The molecule has 5 nitrogen and oxygen atoms in total. The molecule has 3 aromatic rings. The van der Waals surface area contributed by atoms with Crippen molar-refractivity contribution in [2.24, 2.45) is 0 Å². The van der Waals surface area contributed by atoms with Gasteiger partial charge in [0.2, 0.25) is 0 Å². The van der Waals surface area contributed by atoms with Crippen molar-refractivity contribution in [2.75, 3.05) is 5.32 Å². The van der Waals surface area contributed by atoms with Crippen LogP contribution in [0.5, 0.6) is 0 Å². The molecule has 132 valence electrons. The summed E-state index contributed by atoms with van der Waals surface area (Å²) in [6.07, 6.45) is 1.51. The van der Waals surface area contributed by atoms with Gasteiger partial charge in [0.1, 0.15) is 17.4 Å². The second-order valence-corrected chi connectivity index (χ2v) is 5.42. The first-order chi connectivity index (χ1) is 12.5. The standard InChI is InChI=1S/C19H14F2N2O3/c20-14-7-8-17(16(21)10-14)23-19(25)13-5-3-12(4-6-13)18(24)22-11-15-2-1-9-26-15/h1-10H,11H2,(H,22,24)(H,23,25). The SMILES string of the molecule is O=C(NCc1ccco1)c1ccc(C(=O)Nc2ccc(F)cc2F)cc1. The molecule has 2 amide bonds. The maximum atomic E-state index is 13.6. The zero-order chi connectivity index (χ0) is 18.5. The first-order valence-electron chi connectivity index (χ1n) is 7.70. The molecule has 3 rings (SSSR count). The molecule has 2 aromatic carbocycles. The van der Waals surface area contributed by atoms with Crippen LogP contribution in [-0.2, 0) is 6.54 Å². The van der Waals surface area contributed by atoms with Crippen LogP contribution in [0.15, 0.2) is 65.3 Å². The fraction of sp³-hybridized carbons (Fsp3) is 0.0526. The smallest absolute Gasteiger partial charge is 0.255 e. The Morgan fingerprint density at radius 1 is 0.923 bits per heavy atom. The highest BCUT2D eigenvalue weighted by Gasteiger charge is 2.12. The highest BCUT2D eigenvalue weighted by molar-refractivity contribution is 6.05. The molecule has 0 unspecified atom stereocenters. The summed E-state index contributed by atoms with van der Waals surface area (Å²) in [5.41, 5.74) is 0.467. The zero-order valence-electron chi connectivity index (χ0n) is 13.5. The molecule has 0 atom stereocenters. The van der Waals surface area contributed by atoms with Gasteiger partial charge in [0.15, 0.2) is 0 Å². The van der Waals surface area contributed by atoms with Crippen LogP contribution in [0, 0.1) is 11.6 Å². The summed E-state index contributed by atoms with van der Waals surface area (Å²) in [6, 6.07) is 12.2. The average Bonchev–Trinajstić information content (AvgIpc) is 3.15. The van der Waals surface area contributed by atoms with E-state index in [0.717, 1.165) is 12.1 Å². The molecule has 0 saturated carbocycles. The van der Waals surface area contributed by atoms with Crippen molar-refractivity contribution in [3.8, 4) is 0 Å². The molecule has 0 spiro atoms. The molecule has 26 heavy (non-hydrogen) atoms. The monoisotopic (exact) mass is 356 g/mol. The first-order valence-corrected chi connectivity index (χ1v) is 7.70. The lowest BCUT2D eigenvalue weighted by molar-refractivity contribution is 0.0946. The van der Waals surface area contributed by atoms with E-state index < -0.39 is 17.5 Å². The minimum Gasteiger partial charge on any atom is -0.467 e. The largest absolute Gasteiger partial charge is 0.467 e. The van der Waals surface area contributed by atoms with Crippen LogP contribution in [0.2, 0.25) is 0 Å². The van der Waals surface area contributed by atoms with E-state index in [1.807, 2.05) is 0 Å². The Morgan fingerprint density at radius 3 is 2.23 bits per heavy atom. The molecule has 1 heterocycles. The molecule has 0 aliphatic carbocycles. The number of nitrogens with one attached hydrogen (secondary N) is 2. The van der Waals surface area contributed by atoms with E-state index in [9.17, 15) is 18.4 Å². The summed E-state index contributed by atoms with van der Waals surface area (Å²) in [5.74, 6) is -1.87. The van der Waals surface area contributed by atoms with Gasteiger partial charge >= 0.3 is 0 Å². The third kappa shape index (κ3) is 4.13. The molecule has 7 heteroatoms. The number of carbonyl (C=O) groups is 2. The first kappa shape index (κ1) is 17.3. The minimum absolute atomic E-state index is 0.128. The number of halogens is 2. The molecule has 0 aliphatic rings. The number of amides is 2. The summed E-state index contributed by atoms with van der Waals surface area (Å²) < 4.78 is 31.6. The fourth-order valence-electron chi connectivity index (χ4n) is 2.24. The fourth-order valence-corrected chi connectivity index (χ4v) is 2.24. The van der Waals surface area contributed by atoms with Crippen LogP contribution in [-0.4, -0.2) is 11.8 Å². The number of hydrogen-bond donors (Lipinski definition) is 2. The lowest BCUT2D eigenvalue weighted by Crippen LogP contribution is -2.22. The maximum absolute atomic E-state index is 13.6. The number of carbonyl (C=O) groups excluding carboxylic acids is 2. The van der Waals surface area contributed by atoms with Crippen LogP contribution >= 0.6 is 0 Å². The molecule has 0 radical (unpaired) electrons. The van der Waals surface area contributed by atoms with E-state index in [-0.39, 0.29) is 23.7 Å². The minimum atomic E-state index is -0.868. The number of hydrogen-bond acceptors (Lipinski definition) is 3. The Labute approximate surface area is 147 Å². The Morgan fingerprint density at radius 2 is 1.62 bits per heavy atom. The molecule has 1 aromatic heterocycles. The highest BCUT2D eigenvalue weighted by Crippen LogP contribution is 2.16. The summed E-state index contributed by atoms with van der Waals surface area (Å²) in [5, 5.41) is 5.04. The maximum Gasteiger partial charge on any atom is 0.255 e. The number of furan rings is 1. The Bertz CT molecular complexity index is 922. The van der Waals surface area contributed by atoms with E-state index in [2.05, 4.69) is 10.6 Å². The second kappa shape index (κ2) is 7.60. The predicted molar refractivity (Wildman–Crippen MR) is 90.6 cm³/mol. The van der Waals surface area contributed by atoms with Crippen LogP contribution in [0.3, 0.4) is 0 Å². The normalized spacial score (nSPS) is 10.4. The second-order valence-electron chi connectivity index (χ2n) is 5.42. The van der Waals surface area contributed by atoms with Crippen molar-refractivity contribution in [1.29, 1.82) is 0 Å². The molecule has 2 N–H and O–H groups in total. The Kier molecular flexibility index (Phi) is 5.07. The van der Waals surface area contributed by atoms with E-state index in [1.165, 1.54) is 30.5 Å². The molecule has 0 bridgehead atoms. The van der Waals surface area contributed by atoms with Crippen LogP contribution in [0.4, 0.5) is 14.5 Å². The van der Waals surface area contributed by atoms with Gasteiger partial charge in [-0.05, 0) is 48.5 Å². The van der Waals surface area contributed by atoms with E-state index in [1.54, 1.807) is 12.1 Å². The van der Waals surface area contributed by atoms with Gasteiger partial charge < -0.3 is 15.1 Å². The van der Waals surface area contributed by atoms with Gasteiger partial charge in [-0.25, -0.2) is 8.78 Å². The predicted octanol–water partition coefficient (Wildman–Crippen LogP) is 3.74. The van der Waals surface area contributed by atoms with Crippen molar-refractivity contribution < 1.29 is 22.8 Å². The zero-order valence-corrected chi connectivity index (χ0v) is 13.5. The van der Waals surface area contributed by atoms with E-state index >= 15 is 0 Å².